The topological polar surface area (TPSA) is 59.6 Å². The Morgan fingerprint density at radius 3 is 2.74 bits per heavy atom. The summed E-state index contributed by atoms with van der Waals surface area (Å²) in [5.41, 5.74) is 1.04. The lowest BCUT2D eigenvalue weighted by atomic mass is 10.2. The lowest BCUT2D eigenvalue weighted by Crippen LogP contribution is -2.30. The lowest BCUT2D eigenvalue weighted by Gasteiger charge is -2.12. The molecule has 0 radical (unpaired) electrons. The number of thiocarbonyl (C=S) groups is 1. The van der Waals surface area contributed by atoms with Gasteiger partial charge in [0.05, 0.1) is 23.3 Å². The first-order chi connectivity index (χ1) is 10.9. The van der Waals surface area contributed by atoms with Gasteiger partial charge in [0.2, 0.25) is 0 Å². The molecular formula is C16H23ClN2O3S. The Balaban J connectivity index is 2.43. The fraction of sp³-hybridized carbons (Fsp3) is 0.500. The summed E-state index contributed by atoms with van der Waals surface area (Å²) in [5, 5.41) is 6.93. The summed E-state index contributed by atoms with van der Waals surface area (Å²) in [5.74, 6) is -0.435. The summed E-state index contributed by atoms with van der Waals surface area (Å²) in [6.07, 6.45) is 1.10. The number of halogens is 1. The number of carbonyl (C=O) groups excluding carboxylic acids is 1. The number of esters is 1. The molecule has 5 nitrogen and oxygen atoms in total. The number of rotatable bonds is 8. The molecule has 128 valence electrons. The van der Waals surface area contributed by atoms with Gasteiger partial charge in [-0.25, -0.2) is 4.79 Å². The van der Waals surface area contributed by atoms with E-state index in [0.717, 1.165) is 6.42 Å². The van der Waals surface area contributed by atoms with E-state index in [9.17, 15) is 4.79 Å². The second-order valence-corrected chi connectivity index (χ2v) is 5.88. The first-order valence-electron chi connectivity index (χ1n) is 7.57. The third kappa shape index (κ3) is 7.63. The molecule has 0 unspecified atom stereocenters. The summed E-state index contributed by atoms with van der Waals surface area (Å²) in [4.78, 5) is 11.7. The second-order valence-electron chi connectivity index (χ2n) is 5.07. The smallest absolute Gasteiger partial charge is 0.339 e. The van der Waals surface area contributed by atoms with Crippen LogP contribution in [0.25, 0.3) is 0 Å². The number of nitrogens with one attached hydrogen (secondary N) is 2. The normalized spacial score (nSPS) is 10.5. The Labute approximate surface area is 147 Å². The van der Waals surface area contributed by atoms with Gasteiger partial charge < -0.3 is 20.1 Å². The van der Waals surface area contributed by atoms with E-state index in [1.54, 1.807) is 25.1 Å². The van der Waals surface area contributed by atoms with Crippen molar-refractivity contribution in [3.8, 4) is 0 Å². The van der Waals surface area contributed by atoms with Crippen LogP contribution >= 0.6 is 23.8 Å². The van der Waals surface area contributed by atoms with Crippen LogP contribution in [-0.4, -0.2) is 36.9 Å². The Morgan fingerprint density at radius 1 is 1.39 bits per heavy atom. The van der Waals surface area contributed by atoms with E-state index >= 15 is 0 Å². The first-order valence-corrected chi connectivity index (χ1v) is 8.35. The Hall–Kier alpha value is -1.37. The first kappa shape index (κ1) is 19.7. The van der Waals surface area contributed by atoms with E-state index in [0.29, 0.717) is 41.1 Å². The highest BCUT2D eigenvalue weighted by Gasteiger charge is 2.12. The van der Waals surface area contributed by atoms with Crippen molar-refractivity contribution in [3.05, 3.63) is 28.8 Å². The van der Waals surface area contributed by atoms with Crippen molar-refractivity contribution in [2.75, 3.05) is 25.1 Å². The molecule has 23 heavy (non-hydrogen) atoms. The van der Waals surface area contributed by atoms with E-state index in [1.165, 1.54) is 0 Å². The van der Waals surface area contributed by atoms with Crippen molar-refractivity contribution < 1.29 is 14.3 Å². The highest BCUT2D eigenvalue weighted by Crippen LogP contribution is 2.21. The maximum atomic E-state index is 11.7. The van der Waals surface area contributed by atoms with Gasteiger partial charge in [-0.05, 0) is 57.6 Å². The molecule has 0 atom stereocenters. The number of carbonyl (C=O) groups is 1. The maximum absolute atomic E-state index is 11.7. The standard InChI is InChI=1S/C16H23ClN2O3S/c1-4-21-15(20)13-7-6-12(10-14(13)17)19-16(23)18-8-5-9-22-11(2)3/h6-7,10-11H,4-5,8-9H2,1-3H3,(H2,18,19,23). The highest BCUT2D eigenvalue weighted by molar-refractivity contribution is 7.80. The molecule has 1 aromatic carbocycles. The van der Waals surface area contributed by atoms with Crippen LogP contribution in [0.2, 0.25) is 5.02 Å². The predicted molar refractivity (Wildman–Crippen MR) is 97.3 cm³/mol. The summed E-state index contributed by atoms with van der Waals surface area (Å²) in [7, 11) is 0. The van der Waals surface area contributed by atoms with Crippen LogP contribution in [-0.2, 0) is 9.47 Å². The van der Waals surface area contributed by atoms with Crippen LogP contribution < -0.4 is 10.6 Å². The molecule has 0 aliphatic carbocycles. The third-order valence-electron chi connectivity index (χ3n) is 2.78. The molecule has 0 heterocycles. The third-order valence-corrected chi connectivity index (χ3v) is 3.34. The number of hydrogen-bond acceptors (Lipinski definition) is 4. The fourth-order valence-electron chi connectivity index (χ4n) is 1.74. The Kier molecular flexibility index (Phi) is 8.91. The molecule has 0 spiro atoms. The zero-order valence-corrected chi connectivity index (χ0v) is 15.2. The molecule has 0 amide bonds. The summed E-state index contributed by atoms with van der Waals surface area (Å²) < 4.78 is 10.4. The molecule has 0 saturated heterocycles. The minimum Gasteiger partial charge on any atom is -0.462 e. The van der Waals surface area contributed by atoms with Crippen molar-refractivity contribution >= 4 is 40.6 Å². The quantitative estimate of drug-likeness (QED) is 0.420. The van der Waals surface area contributed by atoms with Crippen LogP contribution in [0.3, 0.4) is 0 Å². The van der Waals surface area contributed by atoms with Crippen molar-refractivity contribution in [2.45, 2.75) is 33.3 Å². The van der Waals surface area contributed by atoms with Crippen LogP contribution in [0.4, 0.5) is 5.69 Å². The van der Waals surface area contributed by atoms with Gasteiger partial charge >= 0.3 is 5.97 Å². The lowest BCUT2D eigenvalue weighted by molar-refractivity contribution is 0.0526. The van der Waals surface area contributed by atoms with Crippen LogP contribution in [0.1, 0.15) is 37.6 Å². The molecular weight excluding hydrogens is 336 g/mol. The fourth-order valence-corrected chi connectivity index (χ4v) is 2.21. The highest BCUT2D eigenvalue weighted by atomic mass is 35.5. The van der Waals surface area contributed by atoms with Crippen molar-refractivity contribution in [3.63, 3.8) is 0 Å². The number of anilines is 1. The molecule has 7 heteroatoms. The molecule has 1 rings (SSSR count). The molecule has 0 bridgehead atoms. The van der Waals surface area contributed by atoms with Crippen LogP contribution in [0.5, 0.6) is 0 Å². The second kappa shape index (κ2) is 10.4. The van der Waals surface area contributed by atoms with E-state index in [-0.39, 0.29) is 6.10 Å². The number of benzene rings is 1. The van der Waals surface area contributed by atoms with E-state index in [1.807, 2.05) is 13.8 Å². The van der Waals surface area contributed by atoms with Gasteiger partial charge in [-0.15, -0.1) is 0 Å². The van der Waals surface area contributed by atoms with Gasteiger partial charge in [0.1, 0.15) is 0 Å². The van der Waals surface area contributed by atoms with Crippen LogP contribution in [0, 0.1) is 0 Å². The molecule has 0 aliphatic rings. The van der Waals surface area contributed by atoms with Crippen molar-refractivity contribution in [1.82, 2.24) is 5.32 Å². The van der Waals surface area contributed by atoms with Gasteiger partial charge in [0, 0.05) is 18.8 Å². The van der Waals surface area contributed by atoms with Gasteiger partial charge in [-0.2, -0.15) is 0 Å². The average molecular weight is 359 g/mol. The maximum Gasteiger partial charge on any atom is 0.339 e. The zero-order valence-electron chi connectivity index (χ0n) is 13.6. The van der Waals surface area contributed by atoms with E-state index in [2.05, 4.69) is 10.6 Å². The summed E-state index contributed by atoms with van der Waals surface area (Å²) >= 11 is 11.3. The van der Waals surface area contributed by atoms with Gasteiger partial charge in [-0.3, -0.25) is 0 Å². The zero-order chi connectivity index (χ0) is 17.2. The summed E-state index contributed by atoms with van der Waals surface area (Å²) in [6.45, 7) is 7.47. The largest absolute Gasteiger partial charge is 0.462 e. The molecule has 0 saturated carbocycles. The summed E-state index contributed by atoms with van der Waals surface area (Å²) in [6, 6.07) is 4.99. The van der Waals surface area contributed by atoms with Crippen molar-refractivity contribution in [1.29, 1.82) is 0 Å². The van der Waals surface area contributed by atoms with Crippen LogP contribution in [0.15, 0.2) is 18.2 Å². The Morgan fingerprint density at radius 2 is 2.13 bits per heavy atom. The molecule has 1 aromatic rings. The van der Waals surface area contributed by atoms with E-state index in [4.69, 9.17) is 33.3 Å². The predicted octanol–water partition coefficient (Wildman–Crippen LogP) is 3.62. The molecule has 0 aromatic heterocycles. The monoisotopic (exact) mass is 358 g/mol. The minimum absolute atomic E-state index is 0.236. The minimum atomic E-state index is -0.435. The van der Waals surface area contributed by atoms with Gasteiger partial charge in [-0.1, -0.05) is 11.6 Å². The molecule has 2 N–H and O–H groups in total. The Bertz CT molecular complexity index is 538. The molecule has 0 fully saturated rings. The molecule has 0 aliphatic heterocycles. The number of hydrogen-bond donors (Lipinski definition) is 2. The van der Waals surface area contributed by atoms with Crippen molar-refractivity contribution in [2.24, 2.45) is 0 Å². The van der Waals surface area contributed by atoms with Gasteiger partial charge in [0.25, 0.3) is 0 Å². The van der Waals surface area contributed by atoms with Gasteiger partial charge in [0.15, 0.2) is 5.11 Å². The average Bonchev–Trinajstić information content (AvgIpc) is 2.46. The SMILES string of the molecule is CCOC(=O)c1ccc(NC(=S)NCCCOC(C)C)cc1Cl. The van der Waals surface area contributed by atoms with E-state index < -0.39 is 5.97 Å². The number of ether oxygens (including phenoxy) is 2.